The van der Waals surface area contributed by atoms with E-state index in [-0.39, 0.29) is 25.5 Å². The van der Waals surface area contributed by atoms with Crippen LogP contribution in [0.5, 0.6) is 0 Å². The summed E-state index contributed by atoms with van der Waals surface area (Å²) in [6.45, 7) is 3.70. The molecule has 0 saturated carbocycles. The highest BCUT2D eigenvalue weighted by Gasteiger charge is 2.45. The first-order valence-electron chi connectivity index (χ1n) is 22.9. The van der Waals surface area contributed by atoms with E-state index in [1.807, 2.05) is 33.3 Å². The van der Waals surface area contributed by atoms with Crippen LogP contribution >= 0.6 is 7.82 Å². The van der Waals surface area contributed by atoms with Gasteiger partial charge in [-0.3, -0.25) is 9.36 Å². The predicted octanol–water partition coefficient (Wildman–Crippen LogP) is 7.15. The van der Waals surface area contributed by atoms with E-state index in [0.29, 0.717) is 23.9 Å². The average molecular weight is 861 g/mol. The molecule has 59 heavy (non-hydrogen) atoms. The normalized spacial score (nSPS) is 22.4. The molecule has 14 heteroatoms. The van der Waals surface area contributed by atoms with E-state index in [2.05, 4.69) is 37.4 Å². The number of phosphoric ester groups is 1. The molecular formula is C45H85N2O11P. The molecule has 1 aliphatic heterocycles. The summed E-state index contributed by atoms with van der Waals surface area (Å²) in [6.07, 6.45) is 27.1. The molecule has 8 atom stereocenters. The monoisotopic (exact) mass is 861 g/mol. The van der Waals surface area contributed by atoms with Gasteiger partial charge in [0.2, 0.25) is 5.91 Å². The molecule has 1 aliphatic rings. The number of carbonyl (C=O) groups excluding carboxylic acids is 1. The molecule has 0 aromatic rings. The van der Waals surface area contributed by atoms with Gasteiger partial charge in [0.25, 0.3) is 7.82 Å². The number of nitrogens with one attached hydrogen (secondary N) is 1. The third kappa shape index (κ3) is 29.5. The van der Waals surface area contributed by atoms with Gasteiger partial charge in [-0.1, -0.05) is 153 Å². The van der Waals surface area contributed by atoms with Gasteiger partial charge in [-0.2, -0.15) is 0 Å². The fourth-order valence-corrected chi connectivity index (χ4v) is 7.31. The summed E-state index contributed by atoms with van der Waals surface area (Å²) in [5, 5.41) is 45.8. The van der Waals surface area contributed by atoms with Crippen LogP contribution in [0.4, 0.5) is 0 Å². The second-order valence-electron chi connectivity index (χ2n) is 17.2. The highest BCUT2D eigenvalue weighted by Crippen LogP contribution is 2.39. The van der Waals surface area contributed by atoms with Crippen LogP contribution in [-0.2, 0) is 27.9 Å². The second-order valence-corrected chi connectivity index (χ2v) is 18.6. The fourth-order valence-electron chi connectivity index (χ4n) is 6.60. The molecule has 0 radical (unpaired) electrons. The molecule has 1 saturated heterocycles. The lowest BCUT2D eigenvalue weighted by Crippen LogP contribution is -2.60. The van der Waals surface area contributed by atoms with Crippen LogP contribution in [0.1, 0.15) is 155 Å². The molecule has 0 aromatic heterocycles. The Balaban J connectivity index is 2.73. The summed E-state index contributed by atoms with van der Waals surface area (Å²) in [4.78, 5) is 25.4. The number of aliphatic hydroxyl groups excluding tert-OH is 4. The Morgan fingerprint density at radius 1 is 0.746 bits per heavy atom. The molecule has 346 valence electrons. The SMILES string of the molecule is CCCCCCC/C=C/C=C/CC/C=C/[C@H](O)[C@H](CO[C@@H]1O[C@H](COP(=O)([O-])OCC[N+](C)(C)C)[C@H](O)[C@H](O)[C@H]1O)NC(=O)CCCCCCCCCCCCCCC. The molecule has 1 unspecified atom stereocenters. The number of unbranched alkanes of at least 4 members (excludes halogenated alkanes) is 18. The first-order valence-corrected chi connectivity index (χ1v) is 24.3. The van der Waals surface area contributed by atoms with Gasteiger partial charge < -0.3 is 53.6 Å². The molecule has 0 bridgehead atoms. The number of likely N-dealkylation sites (N-methyl/N-ethyl adjacent to an activating group) is 1. The average Bonchev–Trinajstić information content (AvgIpc) is 3.18. The topological polar surface area (TPSA) is 187 Å². The number of allylic oxidation sites excluding steroid dienone is 5. The van der Waals surface area contributed by atoms with Crippen LogP contribution in [-0.4, -0.2) is 121 Å². The summed E-state index contributed by atoms with van der Waals surface area (Å²) in [5.74, 6) is -0.252. The zero-order valence-corrected chi connectivity index (χ0v) is 38.3. The lowest BCUT2D eigenvalue weighted by atomic mass is 9.99. The van der Waals surface area contributed by atoms with Crippen molar-refractivity contribution in [3.8, 4) is 0 Å². The zero-order chi connectivity index (χ0) is 43.8. The maximum Gasteiger partial charge on any atom is 0.268 e. The maximum atomic E-state index is 13.1. The van der Waals surface area contributed by atoms with E-state index in [1.54, 1.807) is 6.08 Å². The number of hydrogen-bond acceptors (Lipinski definition) is 11. The van der Waals surface area contributed by atoms with E-state index in [4.69, 9.17) is 18.5 Å². The van der Waals surface area contributed by atoms with E-state index in [9.17, 15) is 34.7 Å². The van der Waals surface area contributed by atoms with Gasteiger partial charge in [-0.25, -0.2) is 0 Å². The number of carbonyl (C=O) groups is 1. The first kappa shape index (κ1) is 55.5. The van der Waals surface area contributed by atoms with Crippen molar-refractivity contribution in [1.29, 1.82) is 0 Å². The van der Waals surface area contributed by atoms with Crippen molar-refractivity contribution in [2.45, 2.75) is 198 Å². The number of phosphoric acid groups is 1. The van der Waals surface area contributed by atoms with Crippen LogP contribution in [0.3, 0.4) is 0 Å². The Morgan fingerprint density at radius 2 is 1.27 bits per heavy atom. The van der Waals surface area contributed by atoms with Crippen LogP contribution in [0, 0.1) is 0 Å². The van der Waals surface area contributed by atoms with Crippen molar-refractivity contribution in [3.05, 3.63) is 36.5 Å². The van der Waals surface area contributed by atoms with Crippen molar-refractivity contribution in [3.63, 3.8) is 0 Å². The second kappa shape index (κ2) is 34.1. The van der Waals surface area contributed by atoms with Gasteiger partial charge in [0.15, 0.2) is 6.29 Å². The Bertz CT molecular complexity index is 1180. The Morgan fingerprint density at radius 3 is 1.85 bits per heavy atom. The molecule has 1 rings (SSSR count). The molecule has 0 aromatic carbocycles. The number of rotatable bonds is 37. The molecule has 5 N–H and O–H groups in total. The molecule has 1 amide bonds. The van der Waals surface area contributed by atoms with E-state index in [1.165, 1.54) is 89.9 Å². The minimum absolute atomic E-state index is 0.123. The molecular weight excluding hydrogens is 775 g/mol. The number of hydrogen-bond donors (Lipinski definition) is 5. The summed E-state index contributed by atoms with van der Waals surface area (Å²) < 4.78 is 34.1. The predicted molar refractivity (Wildman–Crippen MR) is 233 cm³/mol. The lowest BCUT2D eigenvalue weighted by Gasteiger charge is -2.41. The quantitative estimate of drug-likeness (QED) is 0.0140. The van der Waals surface area contributed by atoms with Gasteiger partial charge in [0.05, 0.1) is 46.5 Å². The van der Waals surface area contributed by atoms with Crippen LogP contribution in [0.25, 0.3) is 0 Å². The Kier molecular flexibility index (Phi) is 32.1. The fraction of sp³-hybridized carbons (Fsp3) is 0.844. The molecule has 1 fully saturated rings. The summed E-state index contributed by atoms with van der Waals surface area (Å²) >= 11 is 0. The van der Waals surface area contributed by atoms with Gasteiger partial charge in [-0.15, -0.1) is 0 Å². The Labute approximate surface area is 357 Å². The highest BCUT2D eigenvalue weighted by atomic mass is 31.2. The lowest BCUT2D eigenvalue weighted by molar-refractivity contribution is -0.870. The zero-order valence-electron chi connectivity index (χ0n) is 37.4. The van der Waals surface area contributed by atoms with Gasteiger partial charge >= 0.3 is 0 Å². The van der Waals surface area contributed by atoms with Crippen LogP contribution in [0.2, 0.25) is 0 Å². The van der Waals surface area contributed by atoms with Crippen molar-refractivity contribution < 1.29 is 57.7 Å². The first-order chi connectivity index (χ1) is 28.2. The molecule has 1 heterocycles. The third-order valence-corrected chi connectivity index (χ3v) is 11.4. The molecule has 13 nitrogen and oxygen atoms in total. The number of ether oxygens (including phenoxy) is 2. The minimum Gasteiger partial charge on any atom is -0.756 e. The largest absolute Gasteiger partial charge is 0.756 e. The Hall–Kier alpha value is -1.48. The number of nitrogens with zero attached hydrogens (tertiary/aromatic N) is 1. The van der Waals surface area contributed by atoms with Gasteiger partial charge in [-0.05, 0) is 32.1 Å². The van der Waals surface area contributed by atoms with E-state index < -0.39 is 57.3 Å². The number of aliphatic hydroxyl groups is 4. The van der Waals surface area contributed by atoms with Crippen LogP contribution in [0.15, 0.2) is 36.5 Å². The summed E-state index contributed by atoms with van der Waals surface area (Å²) in [7, 11) is 0.851. The van der Waals surface area contributed by atoms with Crippen molar-refractivity contribution in [2.24, 2.45) is 0 Å². The summed E-state index contributed by atoms with van der Waals surface area (Å²) in [5.41, 5.74) is 0. The third-order valence-electron chi connectivity index (χ3n) is 10.5. The smallest absolute Gasteiger partial charge is 0.268 e. The summed E-state index contributed by atoms with van der Waals surface area (Å²) in [6, 6.07) is -0.928. The van der Waals surface area contributed by atoms with Gasteiger partial charge in [0.1, 0.15) is 37.6 Å². The standard InChI is InChI=1S/C45H85N2O11P/c1-6-8-10-12-14-16-18-20-22-24-26-28-30-32-39(48)38(46-41(49)33-31-29-27-25-23-21-19-17-15-13-11-9-7-2)36-55-45-44(52)43(51)42(50)40(58-45)37-57-59(53,54)56-35-34-47(3,4)5/h18,20,22,24,30,32,38-40,42-45,48,50-52H,6-17,19,21,23,25-29,31,33-37H2,1-5H3,(H-,46,49,53,54)/b20-18+,24-22+,32-30+/t38-,39-,40+,42-,43-,44+,45+/m0/s1. The van der Waals surface area contributed by atoms with Crippen molar-refractivity contribution in [2.75, 3.05) is 47.5 Å². The highest BCUT2D eigenvalue weighted by molar-refractivity contribution is 7.45. The van der Waals surface area contributed by atoms with Crippen molar-refractivity contribution in [1.82, 2.24) is 5.32 Å². The van der Waals surface area contributed by atoms with Crippen molar-refractivity contribution >= 4 is 13.7 Å². The molecule has 0 aliphatic carbocycles. The van der Waals surface area contributed by atoms with E-state index in [0.717, 1.165) is 32.1 Å². The van der Waals surface area contributed by atoms with Gasteiger partial charge in [0, 0.05) is 6.42 Å². The maximum absolute atomic E-state index is 13.1. The number of quaternary nitrogens is 1. The minimum atomic E-state index is -4.77. The molecule has 0 spiro atoms. The van der Waals surface area contributed by atoms with E-state index >= 15 is 0 Å². The number of amides is 1. The van der Waals surface area contributed by atoms with Crippen LogP contribution < -0.4 is 10.2 Å².